The molecule has 6 heteroatoms. The molecule has 0 unspecified atom stereocenters. The van der Waals surface area contributed by atoms with E-state index in [1.54, 1.807) is 18.3 Å². The Morgan fingerprint density at radius 1 is 1.47 bits per heavy atom. The van der Waals surface area contributed by atoms with Crippen molar-refractivity contribution in [3.63, 3.8) is 0 Å². The van der Waals surface area contributed by atoms with Crippen LogP contribution in [0.3, 0.4) is 0 Å². The maximum Gasteiger partial charge on any atom is 0.237 e. The van der Waals surface area contributed by atoms with E-state index in [1.165, 1.54) is 0 Å². The largest absolute Gasteiger partial charge is 0.368 e. The number of rotatable bonds is 2. The number of hydrogen-bond donors (Lipinski definition) is 2. The van der Waals surface area contributed by atoms with Crippen LogP contribution in [0.5, 0.6) is 0 Å². The molecule has 0 bridgehead atoms. The molecule has 0 spiro atoms. The summed E-state index contributed by atoms with van der Waals surface area (Å²) in [5.41, 5.74) is 10.3. The highest BCUT2D eigenvalue weighted by atomic mass is 35.5. The number of nitrogens with zero attached hydrogens (tertiary/aromatic N) is 2. The van der Waals surface area contributed by atoms with Crippen molar-refractivity contribution in [2.24, 2.45) is 11.5 Å². The summed E-state index contributed by atoms with van der Waals surface area (Å²) in [6.07, 6.45) is 2.74. The third-order valence-corrected chi connectivity index (χ3v) is 3.48. The van der Waals surface area contributed by atoms with Crippen LogP contribution < -0.4 is 16.4 Å². The van der Waals surface area contributed by atoms with E-state index in [0.29, 0.717) is 31.0 Å². The fourth-order valence-electron chi connectivity index (χ4n) is 1.97. The van der Waals surface area contributed by atoms with Gasteiger partial charge < -0.3 is 16.4 Å². The molecule has 2 heterocycles. The second kappa shape index (κ2) is 4.50. The van der Waals surface area contributed by atoms with Gasteiger partial charge in [0.05, 0.1) is 10.6 Å². The average Bonchev–Trinajstić information content (AvgIpc) is 2.31. The predicted octanol–water partition coefficient (Wildman–Crippen LogP) is 0.518. The summed E-state index contributed by atoms with van der Waals surface area (Å²) in [6, 6.07) is 3.58. The minimum absolute atomic E-state index is 0.440. The number of nitrogens with two attached hydrogens (primary N) is 2. The van der Waals surface area contributed by atoms with Crippen LogP contribution in [-0.2, 0) is 4.79 Å². The highest BCUT2D eigenvalue weighted by molar-refractivity contribution is 6.32. The van der Waals surface area contributed by atoms with Crippen molar-refractivity contribution in [2.45, 2.75) is 18.4 Å². The number of primary amides is 1. The van der Waals surface area contributed by atoms with Gasteiger partial charge in [-0.3, -0.25) is 4.79 Å². The van der Waals surface area contributed by atoms with Gasteiger partial charge in [-0.2, -0.15) is 0 Å². The number of halogens is 1. The quantitative estimate of drug-likeness (QED) is 0.806. The minimum atomic E-state index is -0.891. The van der Waals surface area contributed by atoms with Crippen LogP contribution in [0, 0.1) is 0 Å². The summed E-state index contributed by atoms with van der Waals surface area (Å²) >= 11 is 6.06. The molecule has 1 fully saturated rings. The number of hydrogen-bond acceptors (Lipinski definition) is 4. The van der Waals surface area contributed by atoms with Gasteiger partial charge in [-0.15, -0.1) is 0 Å². The van der Waals surface area contributed by atoms with E-state index in [-0.39, 0.29) is 0 Å². The van der Waals surface area contributed by atoms with Crippen LogP contribution in [0.25, 0.3) is 0 Å². The van der Waals surface area contributed by atoms with Gasteiger partial charge in [0.1, 0.15) is 5.82 Å². The number of piperidine rings is 1. The van der Waals surface area contributed by atoms with Crippen molar-refractivity contribution < 1.29 is 4.79 Å². The Balaban J connectivity index is 2.10. The Labute approximate surface area is 105 Å². The molecule has 5 nitrogen and oxygen atoms in total. The van der Waals surface area contributed by atoms with Crippen molar-refractivity contribution in [1.29, 1.82) is 0 Å². The number of anilines is 1. The van der Waals surface area contributed by atoms with E-state index in [0.717, 1.165) is 5.82 Å². The van der Waals surface area contributed by atoms with Gasteiger partial charge in [0.25, 0.3) is 0 Å². The van der Waals surface area contributed by atoms with Gasteiger partial charge in [-0.25, -0.2) is 4.98 Å². The lowest BCUT2D eigenvalue weighted by Gasteiger charge is -2.37. The Morgan fingerprint density at radius 3 is 2.65 bits per heavy atom. The molecule has 0 aromatic carbocycles. The minimum Gasteiger partial charge on any atom is -0.368 e. The SMILES string of the molecule is NC(=O)C1(N)CCN(c2ncccc2Cl)CC1. The molecule has 1 amide bonds. The molecule has 92 valence electrons. The van der Waals surface area contributed by atoms with Crippen LogP contribution in [0.2, 0.25) is 5.02 Å². The third kappa shape index (κ3) is 2.35. The molecule has 1 aromatic rings. The van der Waals surface area contributed by atoms with E-state index >= 15 is 0 Å². The second-order valence-corrected chi connectivity index (χ2v) is 4.72. The molecule has 0 saturated carbocycles. The first kappa shape index (κ1) is 12.1. The van der Waals surface area contributed by atoms with Crippen molar-refractivity contribution in [3.8, 4) is 0 Å². The standard InChI is InChI=1S/C11H15ClN4O/c12-8-2-1-5-15-9(8)16-6-3-11(14,4-7-16)10(13)17/h1-2,5H,3-4,6-7,14H2,(H2,13,17). The second-order valence-electron chi connectivity index (χ2n) is 4.32. The number of aromatic nitrogens is 1. The highest BCUT2D eigenvalue weighted by Crippen LogP contribution is 2.27. The first-order valence-electron chi connectivity index (χ1n) is 5.47. The Kier molecular flexibility index (Phi) is 3.22. The third-order valence-electron chi connectivity index (χ3n) is 3.18. The molecular weight excluding hydrogens is 240 g/mol. The smallest absolute Gasteiger partial charge is 0.237 e. The molecule has 1 saturated heterocycles. The zero-order valence-electron chi connectivity index (χ0n) is 9.40. The van der Waals surface area contributed by atoms with Crippen LogP contribution in [0.4, 0.5) is 5.82 Å². The van der Waals surface area contributed by atoms with E-state index < -0.39 is 11.4 Å². The molecule has 0 radical (unpaired) electrons. The van der Waals surface area contributed by atoms with Gasteiger partial charge in [0.2, 0.25) is 5.91 Å². The summed E-state index contributed by atoms with van der Waals surface area (Å²) in [5.74, 6) is 0.296. The normalized spacial score (nSPS) is 19.1. The van der Waals surface area contributed by atoms with Crippen LogP contribution in [-0.4, -0.2) is 29.5 Å². The molecule has 1 aliphatic rings. The van der Waals surface area contributed by atoms with Crippen molar-refractivity contribution in [1.82, 2.24) is 4.98 Å². The fourth-order valence-corrected chi connectivity index (χ4v) is 2.22. The van der Waals surface area contributed by atoms with Gasteiger partial charge in [0, 0.05) is 19.3 Å². The summed E-state index contributed by atoms with van der Waals surface area (Å²) in [7, 11) is 0. The van der Waals surface area contributed by atoms with Crippen LogP contribution >= 0.6 is 11.6 Å². The van der Waals surface area contributed by atoms with Crippen molar-refractivity contribution in [2.75, 3.05) is 18.0 Å². The van der Waals surface area contributed by atoms with E-state index in [2.05, 4.69) is 4.98 Å². The molecule has 1 aromatic heterocycles. The first-order chi connectivity index (χ1) is 8.03. The zero-order valence-corrected chi connectivity index (χ0v) is 10.2. The lowest BCUT2D eigenvalue weighted by Crippen LogP contribution is -2.58. The maximum atomic E-state index is 11.2. The number of carbonyl (C=O) groups excluding carboxylic acids is 1. The summed E-state index contributed by atoms with van der Waals surface area (Å²) < 4.78 is 0. The Bertz CT molecular complexity index is 429. The summed E-state index contributed by atoms with van der Waals surface area (Å²) in [5, 5.41) is 0.607. The molecule has 4 N–H and O–H groups in total. The predicted molar refractivity (Wildman–Crippen MR) is 66.8 cm³/mol. The van der Waals surface area contributed by atoms with Gasteiger partial charge in [-0.05, 0) is 25.0 Å². The summed E-state index contributed by atoms with van der Waals surface area (Å²) in [4.78, 5) is 17.5. The molecule has 1 aliphatic heterocycles. The molecule has 0 aliphatic carbocycles. The fraction of sp³-hybridized carbons (Fsp3) is 0.455. The van der Waals surface area contributed by atoms with Gasteiger partial charge in [0.15, 0.2) is 0 Å². The van der Waals surface area contributed by atoms with Crippen molar-refractivity contribution in [3.05, 3.63) is 23.4 Å². The molecule has 17 heavy (non-hydrogen) atoms. The molecular formula is C11H15ClN4O. The van der Waals surface area contributed by atoms with Gasteiger partial charge in [-0.1, -0.05) is 11.6 Å². The van der Waals surface area contributed by atoms with E-state index in [1.807, 2.05) is 4.90 Å². The Hall–Kier alpha value is -1.33. The molecule has 2 rings (SSSR count). The average molecular weight is 255 g/mol. The first-order valence-corrected chi connectivity index (χ1v) is 5.85. The number of amides is 1. The van der Waals surface area contributed by atoms with Crippen LogP contribution in [0.1, 0.15) is 12.8 Å². The summed E-state index contributed by atoms with van der Waals surface area (Å²) in [6.45, 7) is 1.27. The highest BCUT2D eigenvalue weighted by Gasteiger charge is 2.36. The van der Waals surface area contributed by atoms with Crippen LogP contribution in [0.15, 0.2) is 18.3 Å². The Morgan fingerprint density at radius 2 is 2.12 bits per heavy atom. The van der Waals surface area contributed by atoms with E-state index in [4.69, 9.17) is 23.1 Å². The molecule has 0 atom stereocenters. The maximum absolute atomic E-state index is 11.2. The van der Waals surface area contributed by atoms with E-state index in [9.17, 15) is 4.79 Å². The van der Waals surface area contributed by atoms with Gasteiger partial charge >= 0.3 is 0 Å². The number of carbonyl (C=O) groups is 1. The lowest BCUT2D eigenvalue weighted by molar-refractivity contribution is -0.123. The topological polar surface area (TPSA) is 85.2 Å². The number of pyridine rings is 1. The van der Waals surface area contributed by atoms with Crippen molar-refractivity contribution >= 4 is 23.3 Å². The monoisotopic (exact) mass is 254 g/mol. The lowest BCUT2D eigenvalue weighted by atomic mass is 9.88. The zero-order chi connectivity index (χ0) is 12.5.